The molecule has 20 heavy (non-hydrogen) atoms. The minimum absolute atomic E-state index is 0.0350. The predicted molar refractivity (Wildman–Crippen MR) is 78.4 cm³/mol. The molecule has 2 heterocycles. The molecule has 2 aromatic heterocycles. The standard InChI is InChI=1S/C13H10N4OS2/c14-6-9(11(18)17-13-15-3-4-19-13)5-10-7-20-12(16-10)8-1-2-8/h3-5,7-8H,1-2H2,(H,15,17,18). The molecular formula is C13H10N4OS2. The number of carbonyl (C=O) groups excluding carboxylic acids is 1. The van der Waals surface area contributed by atoms with Crippen LogP contribution in [0, 0.1) is 11.3 Å². The second-order valence-electron chi connectivity index (χ2n) is 4.35. The molecular weight excluding hydrogens is 292 g/mol. The number of carbonyl (C=O) groups is 1. The van der Waals surface area contributed by atoms with Crippen molar-refractivity contribution in [2.75, 3.05) is 5.32 Å². The van der Waals surface area contributed by atoms with Gasteiger partial charge in [-0.2, -0.15) is 5.26 Å². The van der Waals surface area contributed by atoms with Gasteiger partial charge in [0.05, 0.1) is 10.7 Å². The third kappa shape index (κ3) is 2.92. The van der Waals surface area contributed by atoms with E-state index in [9.17, 15) is 4.79 Å². The summed E-state index contributed by atoms with van der Waals surface area (Å²) in [5, 5.41) is 16.9. The highest BCUT2D eigenvalue weighted by molar-refractivity contribution is 7.13. The Hall–Kier alpha value is -2.04. The number of nitrogens with one attached hydrogen (secondary N) is 1. The van der Waals surface area contributed by atoms with Gasteiger partial charge in [0.15, 0.2) is 5.13 Å². The van der Waals surface area contributed by atoms with Crippen LogP contribution >= 0.6 is 22.7 Å². The van der Waals surface area contributed by atoms with E-state index in [0.29, 0.717) is 16.7 Å². The Morgan fingerprint density at radius 1 is 1.50 bits per heavy atom. The summed E-state index contributed by atoms with van der Waals surface area (Å²) in [7, 11) is 0. The molecule has 100 valence electrons. The lowest BCUT2D eigenvalue weighted by molar-refractivity contribution is -0.112. The molecule has 0 bridgehead atoms. The molecule has 0 unspecified atom stereocenters. The van der Waals surface area contributed by atoms with E-state index in [1.807, 2.05) is 11.4 Å². The summed E-state index contributed by atoms with van der Waals surface area (Å²) in [6.07, 6.45) is 5.49. The first-order chi connectivity index (χ1) is 9.76. The molecule has 1 N–H and O–H groups in total. The fraction of sp³-hybridized carbons (Fsp3) is 0.231. The molecule has 0 aliphatic heterocycles. The van der Waals surface area contributed by atoms with Crippen LogP contribution in [0.4, 0.5) is 5.13 Å². The molecule has 1 amide bonds. The average molecular weight is 302 g/mol. The summed E-state index contributed by atoms with van der Waals surface area (Å²) in [6.45, 7) is 0. The van der Waals surface area contributed by atoms with Gasteiger partial charge in [-0.25, -0.2) is 9.97 Å². The first-order valence-electron chi connectivity index (χ1n) is 6.04. The minimum atomic E-state index is -0.455. The van der Waals surface area contributed by atoms with Gasteiger partial charge >= 0.3 is 0 Å². The van der Waals surface area contributed by atoms with Crippen LogP contribution < -0.4 is 5.32 Å². The fourth-order valence-corrected chi connectivity index (χ4v) is 3.10. The predicted octanol–water partition coefficient (Wildman–Crippen LogP) is 3.02. The number of hydrogen-bond acceptors (Lipinski definition) is 6. The zero-order valence-electron chi connectivity index (χ0n) is 10.4. The summed E-state index contributed by atoms with van der Waals surface area (Å²) >= 11 is 2.89. The summed E-state index contributed by atoms with van der Waals surface area (Å²) in [5.74, 6) is 0.125. The molecule has 1 aliphatic carbocycles. The highest BCUT2D eigenvalue weighted by Gasteiger charge is 2.26. The summed E-state index contributed by atoms with van der Waals surface area (Å²) in [4.78, 5) is 20.3. The SMILES string of the molecule is N#CC(=Cc1csc(C2CC2)n1)C(=O)Nc1nccs1. The van der Waals surface area contributed by atoms with Crippen molar-refractivity contribution >= 4 is 39.8 Å². The summed E-state index contributed by atoms with van der Waals surface area (Å²) < 4.78 is 0. The maximum Gasteiger partial charge on any atom is 0.268 e. The van der Waals surface area contributed by atoms with E-state index in [4.69, 9.17) is 5.26 Å². The fourth-order valence-electron chi connectivity index (χ4n) is 1.63. The van der Waals surface area contributed by atoms with Gasteiger partial charge in [0.2, 0.25) is 0 Å². The molecule has 5 nitrogen and oxygen atoms in total. The number of hydrogen-bond donors (Lipinski definition) is 1. The van der Waals surface area contributed by atoms with Crippen LogP contribution in [0.3, 0.4) is 0 Å². The van der Waals surface area contributed by atoms with Gasteiger partial charge < -0.3 is 0 Å². The highest BCUT2D eigenvalue weighted by atomic mass is 32.1. The molecule has 0 radical (unpaired) electrons. The quantitative estimate of drug-likeness (QED) is 0.695. The van der Waals surface area contributed by atoms with Crippen molar-refractivity contribution in [3.05, 3.63) is 33.2 Å². The lowest BCUT2D eigenvalue weighted by atomic mass is 10.2. The first-order valence-corrected chi connectivity index (χ1v) is 7.80. The van der Waals surface area contributed by atoms with E-state index >= 15 is 0 Å². The Balaban J connectivity index is 1.75. The third-order valence-electron chi connectivity index (χ3n) is 2.78. The molecule has 7 heteroatoms. The maximum atomic E-state index is 11.9. The van der Waals surface area contributed by atoms with Gasteiger partial charge in [-0.3, -0.25) is 10.1 Å². The van der Waals surface area contributed by atoms with Gasteiger partial charge in [0, 0.05) is 22.9 Å². The van der Waals surface area contributed by atoms with Crippen LogP contribution in [0.2, 0.25) is 0 Å². The molecule has 2 aromatic rings. The van der Waals surface area contributed by atoms with Gasteiger partial charge in [0.25, 0.3) is 5.91 Å². The number of nitriles is 1. The van der Waals surface area contributed by atoms with Crippen molar-refractivity contribution in [2.24, 2.45) is 0 Å². The van der Waals surface area contributed by atoms with Crippen LogP contribution in [0.25, 0.3) is 6.08 Å². The number of aromatic nitrogens is 2. The minimum Gasteiger partial charge on any atom is -0.297 e. The van der Waals surface area contributed by atoms with Crippen LogP contribution in [0.1, 0.15) is 29.5 Å². The van der Waals surface area contributed by atoms with Crippen LogP contribution in [-0.4, -0.2) is 15.9 Å². The van der Waals surface area contributed by atoms with Gasteiger partial charge in [-0.1, -0.05) is 0 Å². The van der Waals surface area contributed by atoms with Crippen molar-refractivity contribution in [2.45, 2.75) is 18.8 Å². The highest BCUT2D eigenvalue weighted by Crippen LogP contribution is 2.41. The normalized spacial score (nSPS) is 14.8. The van der Waals surface area contributed by atoms with Crippen LogP contribution in [0.15, 0.2) is 22.5 Å². The van der Waals surface area contributed by atoms with Crippen molar-refractivity contribution in [1.82, 2.24) is 9.97 Å². The Morgan fingerprint density at radius 2 is 2.35 bits per heavy atom. The Labute approximate surface area is 123 Å². The zero-order chi connectivity index (χ0) is 13.9. The molecule has 1 saturated carbocycles. The smallest absolute Gasteiger partial charge is 0.268 e. The third-order valence-corrected chi connectivity index (χ3v) is 4.49. The van der Waals surface area contributed by atoms with E-state index in [1.165, 1.54) is 30.3 Å². The van der Waals surface area contributed by atoms with E-state index in [-0.39, 0.29) is 5.57 Å². The Kier molecular flexibility index (Phi) is 3.58. The van der Waals surface area contributed by atoms with Crippen molar-refractivity contribution in [1.29, 1.82) is 5.26 Å². The first kappa shape index (κ1) is 13.0. The van der Waals surface area contributed by atoms with E-state index in [2.05, 4.69) is 15.3 Å². The van der Waals surface area contributed by atoms with Crippen LogP contribution in [0.5, 0.6) is 0 Å². The number of rotatable bonds is 4. The molecule has 1 aliphatic rings. The molecule has 3 rings (SSSR count). The number of thiazole rings is 2. The lowest BCUT2D eigenvalue weighted by Crippen LogP contribution is -2.13. The topological polar surface area (TPSA) is 78.7 Å². The van der Waals surface area contributed by atoms with Crippen molar-refractivity contribution in [3.63, 3.8) is 0 Å². The second kappa shape index (κ2) is 5.53. The molecule has 1 fully saturated rings. The van der Waals surface area contributed by atoms with Gasteiger partial charge in [0.1, 0.15) is 11.6 Å². The van der Waals surface area contributed by atoms with Gasteiger partial charge in [-0.05, 0) is 18.9 Å². The number of anilines is 1. The number of nitrogens with zero attached hydrogens (tertiary/aromatic N) is 3. The largest absolute Gasteiger partial charge is 0.297 e. The van der Waals surface area contributed by atoms with E-state index in [1.54, 1.807) is 22.9 Å². The number of amides is 1. The van der Waals surface area contributed by atoms with Crippen molar-refractivity contribution in [3.8, 4) is 6.07 Å². The summed E-state index contributed by atoms with van der Waals surface area (Å²) in [5.41, 5.74) is 0.704. The molecule has 0 saturated heterocycles. The van der Waals surface area contributed by atoms with E-state index in [0.717, 1.165) is 5.01 Å². The Bertz CT molecular complexity index is 692. The second-order valence-corrected chi connectivity index (χ2v) is 6.13. The lowest BCUT2D eigenvalue weighted by Gasteiger charge is -1.98. The molecule has 0 aromatic carbocycles. The maximum absolute atomic E-state index is 11.9. The molecule has 0 atom stereocenters. The molecule has 0 spiro atoms. The van der Waals surface area contributed by atoms with Crippen molar-refractivity contribution < 1.29 is 4.79 Å². The van der Waals surface area contributed by atoms with Crippen LogP contribution in [-0.2, 0) is 4.79 Å². The summed E-state index contributed by atoms with van der Waals surface area (Å²) in [6, 6.07) is 1.91. The zero-order valence-corrected chi connectivity index (χ0v) is 12.0. The van der Waals surface area contributed by atoms with E-state index < -0.39 is 5.91 Å². The Morgan fingerprint density at radius 3 is 3.00 bits per heavy atom. The van der Waals surface area contributed by atoms with Gasteiger partial charge in [-0.15, -0.1) is 22.7 Å². The monoisotopic (exact) mass is 302 g/mol. The average Bonchev–Trinajstić information content (AvgIpc) is 2.98.